The van der Waals surface area contributed by atoms with E-state index < -0.39 is 12.0 Å². The summed E-state index contributed by atoms with van der Waals surface area (Å²) >= 11 is 1.59. The molecule has 18 heavy (non-hydrogen) atoms. The summed E-state index contributed by atoms with van der Waals surface area (Å²) < 4.78 is 0. The molecule has 2 N–H and O–H groups in total. The maximum Gasteiger partial charge on any atom is 0.326 e. The molecule has 1 heterocycles. The second-order valence-corrected chi connectivity index (χ2v) is 5.01. The molecule has 0 fully saturated rings. The smallest absolute Gasteiger partial charge is 0.326 e. The highest BCUT2D eigenvalue weighted by molar-refractivity contribution is 7.10. The molecule has 1 atom stereocenters. The normalized spacial score (nSPS) is 11.9. The summed E-state index contributed by atoms with van der Waals surface area (Å²) in [6.07, 6.45) is 0.927. The van der Waals surface area contributed by atoms with Gasteiger partial charge in [-0.25, -0.2) is 9.59 Å². The van der Waals surface area contributed by atoms with E-state index in [1.807, 2.05) is 11.4 Å². The summed E-state index contributed by atoms with van der Waals surface area (Å²) in [5, 5.41) is 13.5. The Morgan fingerprint density at radius 2 is 2.22 bits per heavy atom. The van der Waals surface area contributed by atoms with Crippen LogP contribution in [0.2, 0.25) is 0 Å². The molecule has 1 rings (SSSR count). The first-order valence-electron chi connectivity index (χ1n) is 5.76. The molecule has 100 valence electrons. The van der Waals surface area contributed by atoms with Crippen molar-refractivity contribution in [1.82, 2.24) is 10.2 Å². The zero-order valence-electron chi connectivity index (χ0n) is 10.8. The van der Waals surface area contributed by atoms with Crippen LogP contribution < -0.4 is 5.32 Å². The van der Waals surface area contributed by atoms with Gasteiger partial charge in [-0.3, -0.25) is 0 Å². The van der Waals surface area contributed by atoms with Crippen LogP contribution in [0.1, 0.15) is 24.3 Å². The average Bonchev–Trinajstić information content (AvgIpc) is 2.81. The molecule has 0 bridgehead atoms. The van der Waals surface area contributed by atoms with Crippen molar-refractivity contribution in [2.45, 2.75) is 32.9 Å². The summed E-state index contributed by atoms with van der Waals surface area (Å²) in [6, 6.07) is 0.828. The lowest BCUT2D eigenvalue weighted by atomic mass is 10.2. The van der Waals surface area contributed by atoms with Crippen LogP contribution >= 0.6 is 11.3 Å². The van der Waals surface area contributed by atoms with Crippen molar-refractivity contribution < 1.29 is 14.7 Å². The van der Waals surface area contributed by atoms with Crippen LogP contribution in [0.5, 0.6) is 0 Å². The van der Waals surface area contributed by atoms with E-state index in [1.54, 1.807) is 11.3 Å². The Balaban J connectivity index is 2.53. The molecule has 6 heteroatoms. The van der Waals surface area contributed by atoms with Gasteiger partial charge in [-0.05, 0) is 30.4 Å². The number of carbonyl (C=O) groups excluding carboxylic acids is 1. The van der Waals surface area contributed by atoms with Crippen LogP contribution in [-0.2, 0) is 17.8 Å². The quantitative estimate of drug-likeness (QED) is 0.859. The van der Waals surface area contributed by atoms with Gasteiger partial charge in [0.2, 0.25) is 0 Å². The molecule has 5 nitrogen and oxygen atoms in total. The lowest BCUT2D eigenvalue weighted by molar-refractivity contribution is -0.141. The lowest BCUT2D eigenvalue weighted by Gasteiger charge is -2.21. The van der Waals surface area contributed by atoms with E-state index in [-0.39, 0.29) is 6.03 Å². The second kappa shape index (κ2) is 6.39. The molecule has 0 saturated heterocycles. The lowest BCUT2D eigenvalue weighted by Crippen LogP contribution is -2.45. The number of aliphatic carboxylic acids is 1. The highest BCUT2D eigenvalue weighted by Crippen LogP contribution is 2.16. The third kappa shape index (κ3) is 3.46. The van der Waals surface area contributed by atoms with Gasteiger partial charge in [-0.15, -0.1) is 11.3 Å². The number of carboxylic acid groups (broad SMARTS) is 1. The Morgan fingerprint density at radius 3 is 2.78 bits per heavy atom. The van der Waals surface area contributed by atoms with Crippen molar-refractivity contribution in [3.63, 3.8) is 0 Å². The summed E-state index contributed by atoms with van der Waals surface area (Å²) in [5.74, 6) is -1.02. The number of hydrogen-bond donors (Lipinski definition) is 2. The number of urea groups is 1. The van der Waals surface area contributed by atoms with Crippen LogP contribution in [0.15, 0.2) is 11.4 Å². The van der Waals surface area contributed by atoms with Gasteiger partial charge < -0.3 is 15.3 Å². The van der Waals surface area contributed by atoms with E-state index in [0.29, 0.717) is 6.54 Å². The van der Waals surface area contributed by atoms with E-state index in [9.17, 15) is 9.59 Å². The fraction of sp³-hybridized carbons (Fsp3) is 0.500. The van der Waals surface area contributed by atoms with Gasteiger partial charge in [-0.1, -0.05) is 6.92 Å². The van der Waals surface area contributed by atoms with Crippen LogP contribution in [0, 0.1) is 0 Å². The Morgan fingerprint density at radius 1 is 1.56 bits per heavy atom. The van der Waals surface area contributed by atoms with E-state index in [0.717, 1.165) is 11.3 Å². The monoisotopic (exact) mass is 270 g/mol. The molecular formula is C12H18N2O3S. The van der Waals surface area contributed by atoms with Gasteiger partial charge in [0, 0.05) is 11.9 Å². The van der Waals surface area contributed by atoms with Crippen LogP contribution in [0.4, 0.5) is 4.79 Å². The third-order valence-corrected chi connectivity index (χ3v) is 3.84. The van der Waals surface area contributed by atoms with Gasteiger partial charge in [0.1, 0.15) is 6.04 Å². The minimum atomic E-state index is -1.02. The third-order valence-electron chi connectivity index (χ3n) is 2.88. The number of thiophene rings is 1. The average molecular weight is 270 g/mol. The Labute approximate surface area is 110 Å². The molecule has 1 aromatic rings. The molecule has 0 aliphatic rings. The van der Waals surface area contributed by atoms with Crippen molar-refractivity contribution in [3.8, 4) is 0 Å². The van der Waals surface area contributed by atoms with E-state index in [1.165, 1.54) is 24.4 Å². The number of nitrogens with zero attached hydrogens (tertiary/aromatic N) is 1. The van der Waals surface area contributed by atoms with Crippen molar-refractivity contribution in [2.24, 2.45) is 0 Å². The predicted molar refractivity (Wildman–Crippen MR) is 70.8 cm³/mol. The summed E-state index contributed by atoms with van der Waals surface area (Å²) in [6.45, 7) is 3.98. The zero-order chi connectivity index (χ0) is 13.7. The molecular weight excluding hydrogens is 252 g/mol. The number of aryl methyl sites for hydroxylation is 1. The van der Waals surface area contributed by atoms with Crippen LogP contribution in [0.3, 0.4) is 0 Å². The fourth-order valence-corrected chi connectivity index (χ4v) is 2.38. The number of carboxylic acids is 1. The number of rotatable bonds is 5. The summed E-state index contributed by atoms with van der Waals surface area (Å²) in [5.41, 5.74) is 1.22. The molecule has 0 aromatic carbocycles. The minimum Gasteiger partial charge on any atom is -0.480 e. The molecule has 0 aliphatic heterocycles. The molecule has 0 radical (unpaired) electrons. The van der Waals surface area contributed by atoms with E-state index >= 15 is 0 Å². The standard InChI is InChI=1S/C12H18N2O3S/c1-4-9-5-6-18-10(9)7-13-12(17)14(3)8(2)11(15)16/h5-6,8H,4,7H2,1-3H3,(H,13,17)(H,15,16). The number of likely N-dealkylation sites (N-methyl/N-ethyl adjacent to an activating group) is 1. The van der Waals surface area contributed by atoms with E-state index in [4.69, 9.17) is 5.11 Å². The van der Waals surface area contributed by atoms with Crippen molar-refractivity contribution >= 4 is 23.3 Å². The predicted octanol–water partition coefficient (Wildman–Crippen LogP) is 1.93. The number of carbonyl (C=O) groups is 2. The summed E-state index contributed by atoms with van der Waals surface area (Å²) in [4.78, 5) is 24.8. The SMILES string of the molecule is CCc1ccsc1CNC(=O)N(C)C(C)C(=O)O. The first-order valence-corrected chi connectivity index (χ1v) is 6.64. The fourth-order valence-electron chi connectivity index (χ4n) is 1.46. The van der Waals surface area contributed by atoms with Crippen molar-refractivity contribution in [1.29, 1.82) is 0 Å². The van der Waals surface area contributed by atoms with Crippen molar-refractivity contribution in [3.05, 3.63) is 21.9 Å². The van der Waals surface area contributed by atoms with Gasteiger partial charge in [0.25, 0.3) is 0 Å². The van der Waals surface area contributed by atoms with Crippen LogP contribution in [0.25, 0.3) is 0 Å². The zero-order valence-corrected chi connectivity index (χ0v) is 11.6. The Hall–Kier alpha value is -1.56. The maximum absolute atomic E-state index is 11.7. The molecule has 2 amide bonds. The minimum absolute atomic E-state index is 0.375. The molecule has 1 unspecified atom stereocenters. The molecule has 0 spiro atoms. The topological polar surface area (TPSA) is 69.6 Å². The number of amides is 2. The Kier molecular flexibility index (Phi) is 5.15. The number of nitrogens with one attached hydrogen (secondary N) is 1. The van der Waals surface area contributed by atoms with Gasteiger partial charge in [0.15, 0.2) is 0 Å². The highest BCUT2D eigenvalue weighted by Gasteiger charge is 2.21. The van der Waals surface area contributed by atoms with Gasteiger partial charge in [0.05, 0.1) is 6.54 Å². The highest BCUT2D eigenvalue weighted by atomic mass is 32.1. The first kappa shape index (κ1) is 14.5. The number of hydrogen-bond acceptors (Lipinski definition) is 3. The molecule has 1 aromatic heterocycles. The summed E-state index contributed by atoms with van der Waals surface area (Å²) in [7, 11) is 1.48. The second-order valence-electron chi connectivity index (χ2n) is 4.01. The van der Waals surface area contributed by atoms with Crippen molar-refractivity contribution in [2.75, 3.05) is 7.05 Å². The maximum atomic E-state index is 11.7. The van der Waals surface area contributed by atoms with E-state index in [2.05, 4.69) is 12.2 Å². The first-order chi connectivity index (χ1) is 8.47. The largest absolute Gasteiger partial charge is 0.480 e. The van der Waals surface area contributed by atoms with Crippen LogP contribution in [-0.4, -0.2) is 35.1 Å². The molecule has 0 saturated carbocycles. The Bertz CT molecular complexity index is 431. The van der Waals surface area contributed by atoms with Gasteiger partial charge in [-0.2, -0.15) is 0 Å². The van der Waals surface area contributed by atoms with Gasteiger partial charge >= 0.3 is 12.0 Å². The molecule has 0 aliphatic carbocycles.